The second kappa shape index (κ2) is 9.89. The second-order valence-electron chi connectivity index (χ2n) is 7.84. The standard InChI is InChI=1S/C24H33NO/c1-20-9-5-6-12-23(20)24(26)13-7-8-16-25-17-14-22(15-18-25)19-21-10-3-2-4-11-21/h2-6,9-12,22,24,26H,7-8,13-19H2,1H3. The molecular formula is C24H33NO. The fourth-order valence-electron chi connectivity index (χ4n) is 4.15. The second-order valence-corrected chi connectivity index (χ2v) is 7.84. The quantitative estimate of drug-likeness (QED) is 0.665. The van der Waals surface area contributed by atoms with E-state index >= 15 is 0 Å². The minimum absolute atomic E-state index is 0.312. The number of aliphatic hydroxyl groups excluding tert-OH is 1. The van der Waals surface area contributed by atoms with Crippen LogP contribution in [-0.2, 0) is 6.42 Å². The third kappa shape index (κ3) is 5.69. The van der Waals surface area contributed by atoms with E-state index in [1.54, 1.807) is 0 Å². The van der Waals surface area contributed by atoms with Gasteiger partial charge in [0.05, 0.1) is 6.10 Å². The molecule has 1 fully saturated rings. The molecule has 1 N–H and O–H groups in total. The van der Waals surface area contributed by atoms with Gasteiger partial charge in [-0.1, -0.05) is 54.6 Å². The van der Waals surface area contributed by atoms with Crippen molar-refractivity contribution in [1.82, 2.24) is 4.90 Å². The summed E-state index contributed by atoms with van der Waals surface area (Å²) in [4.78, 5) is 2.61. The van der Waals surface area contributed by atoms with Crippen LogP contribution in [0.1, 0.15) is 54.9 Å². The molecule has 1 unspecified atom stereocenters. The van der Waals surface area contributed by atoms with E-state index < -0.39 is 0 Å². The Balaban J connectivity index is 1.31. The Bertz CT molecular complexity index is 646. The fourth-order valence-corrected chi connectivity index (χ4v) is 4.15. The molecule has 1 atom stereocenters. The molecule has 0 aromatic heterocycles. The Morgan fingerprint density at radius 2 is 1.65 bits per heavy atom. The van der Waals surface area contributed by atoms with Crippen molar-refractivity contribution in [3.8, 4) is 0 Å². The summed E-state index contributed by atoms with van der Waals surface area (Å²) < 4.78 is 0. The maximum atomic E-state index is 10.4. The lowest BCUT2D eigenvalue weighted by molar-refractivity contribution is 0.153. The summed E-state index contributed by atoms with van der Waals surface area (Å²) in [6.45, 7) is 5.73. The maximum Gasteiger partial charge on any atom is 0.0792 e. The molecule has 0 bridgehead atoms. The van der Waals surface area contributed by atoms with E-state index in [1.165, 1.54) is 56.4 Å². The first-order chi connectivity index (χ1) is 12.7. The molecule has 0 spiro atoms. The smallest absolute Gasteiger partial charge is 0.0792 e. The predicted octanol–water partition coefficient (Wildman–Crippen LogP) is 5.15. The molecule has 0 aliphatic carbocycles. The first kappa shape index (κ1) is 19.1. The lowest BCUT2D eigenvalue weighted by Crippen LogP contribution is -2.35. The highest BCUT2D eigenvalue weighted by Gasteiger charge is 2.19. The number of aliphatic hydroxyl groups is 1. The normalized spacial score (nSPS) is 17.3. The molecule has 0 amide bonds. The highest BCUT2D eigenvalue weighted by molar-refractivity contribution is 5.27. The Morgan fingerprint density at radius 3 is 2.38 bits per heavy atom. The van der Waals surface area contributed by atoms with Gasteiger partial charge in [-0.15, -0.1) is 0 Å². The first-order valence-electron chi connectivity index (χ1n) is 10.2. The summed E-state index contributed by atoms with van der Waals surface area (Å²) in [5.41, 5.74) is 3.77. The summed E-state index contributed by atoms with van der Waals surface area (Å²) in [6, 6.07) is 19.1. The van der Waals surface area contributed by atoms with Gasteiger partial charge in [0.1, 0.15) is 0 Å². The largest absolute Gasteiger partial charge is 0.388 e. The third-order valence-electron chi connectivity index (χ3n) is 5.82. The summed E-state index contributed by atoms with van der Waals surface area (Å²) in [7, 11) is 0. The zero-order chi connectivity index (χ0) is 18.2. The van der Waals surface area contributed by atoms with Crippen LogP contribution in [0.15, 0.2) is 54.6 Å². The van der Waals surface area contributed by atoms with Gasteiger partial charge in [-0.2, -0.15) is 0 Å². The number of piperidine rings is 1. The van der Waals surface area contributed by atoms with E-state index in [4.69, 9.17) is 0 Å². The zero-order valence-electron chi connectivity index (χ0n) is 16.1. The van der Waals surface area contributed by atoms with Crippen molar-refractivity contribution >= 4 is 0 Å². The topological polar surface area (TPSA) is 23.5 Å². The molecule has 1 saturated heterocycles. The van der Waals surface area contributed by atoms with Crippen LogP contribution in [0.25, 0.3) is 0 Å². The Morgan fingerprint density at radius 1 is 0.962 bits per heavy atom. The van der Waals surface area contributed by atoms with Crippen molar-refractivity contribution in [3.05, 3.63) is 71.3 Å². The Labute approximate surface area is 158 Å². The molecule has 140 valence electrons. The lowest BCUT2D eigenvalue weighted by Gasteiger charge is -2.32. The summed E-state index contributed by atoms with van der Waals surface area (Å²) in [6.07, 6.45) is 6.72. The van der Waals surface area contributed by atoms with Crippen molar-refractivity contribution in [3.63, 3.8) is 0 Å². The van der Waals surface area contributed by atoms with E-state index in [-0.39, 0.29) is 6.10 Å². The van der Waals surface area contributed by atoms with Crippen molar-refractivity contribution in [2.24, 2.45) is 5.92 Å². The van der Waals surface area contributed by atoms with Gasteiger partial charge in [-0.05, 0) is 87.7 Å². The third-order valence-corrected chi connectivity index (χ3v) is 5.82. The molecule has 2 nitrogen and oxygen atoms in total. The number of unbranched alkanes of at least 4 members (excludes halogenated alkanes) is 1. The average molecular weight is 352 g/mol. The fraction of sp³-hybridized carbons (Fsp3) is 0.500. The van der Waals surface area contributed by atoms with Gasteiger partial charge in [-0.3, -0.25) is 0 Å². The van der Waals surface area contributed by atoms with Crippen molar-refractivity contribution in [2.45, 2.75) is 51.6 Å². The van der Waals surface area contributed by atoms with Crippen LogP contribution >= 0.6 is 0 Å². The lowest BCUT2D eigenvalue weighted by atomic mass is 9.90. The number of likely N-dealkylation sites (tertiary alicyclic amines) is 1. The Kier molecular flexibility index (Phi) is 7.28. The van der Waals surface area contributed by atoms with Crippen LogP contribution in [0, 0.1) is 12.8 Å². The number of nitrogens with zero attached hydrogens (tertiary/aromatic N) is 1. The van der Waals surface area contributed by atoms with E-state index in [0.717, 1.165) is 24.3 Å². The van der Waals surface area contributed by atoms with Crippen molar-refractivity contribution in [1.29, 1.82) is 0 Å². The maximum absolute atomic E-state index is 10.4. The molecule has 0 radical (unpaired) electrons. The molecule has 26 heavy (non-hydrogen) atoms. The van der Waals surface area contributed by atoms with Gasteiger partial charge < -0.3 is 10.0 Å². The van der Waals surface area contributed by atoms with Crippen molar-refractivity contribution < 1.29 is 5.11 Å². The van der Waals surface area contributed by atoms with Crippen LogP contribution < -0.4 is 0 Å². The van der Waals surface area contributed by atoms with Crippen LogP contribution in [0.3, 0.4) is 0 Å². The number of rotatable bonds is 8. The Hall–Kier alpha value is -1.64. The van der Waals surface area contributed by atoms with Gasteiger partial charge in [0, 0.05) is 0 Å². The van der Waals surface area contributed by atoms with Gasteiger partial charge in [-0.25, -0.2) is 0 Å². The molecular weight excluding hydrogens is 318 g/mol. The number of aryl methyl sites for hydroxylation is 1. The predicted molar refractivity (Wildman–Crippen MR) is 109 cm³/mol. The van der Waals surface area contributed by atoms with Crippen LogP contribution in [0.4, 0.5) is 0 Å². The molecule has 2 aromatic carbocycles. The zero-order valence-corrected chi connectivity index (χ0v) is 16.1. The number of benzene rings is 2. The SMILES string of the molecule is Cc1ccccc1C(O)CCCCN1CCC(Cc2ccccc2)CC1. The van der Waals surface area contributed by atoms with Gasteiger partial charge >= 0.3 is 0 Å². The molecule has 1 aliphatic rings. The van der Waals surface area contributed by atoms with Crippen molar-refractivity contribution in [2.75, 3.05) is 19.6 Å². The first-order valence-corrected chi connectivity index (χ1v) is 10.2. The number of hydrogen-bond donors (Lipinski definition) is 1. The summed E-state index contributed by atoms with van der Waals surface area (Å²) >= 11 is 0. The molecule has 3 rings (SSSR count). The minimum Gasteiger partial charge on any atom is -0.388 e. The van der Waals surface area contributed by atoms with Crippen LogP contribution in [0.5, 0.6) is 0 Å². The number of hydrogen-bond acceptors (Lipinski definition) is 2. The molecule has 1 aliphatic heterocycles. The highest BCUT2D eigenvalue weighted by atomic mass is 16.3. The van der Waals surface area contributed by atoms with Crippen LogP contribution in [-0.4, -0.2) is 29.6 Å². The van der Waals surface area contributed by atoms with E-state index in [0.29, 0.717) is 0 Å². The van der Waals surface area contributed by atoms with E-state index in [9.17, 15) is 5.11 Å². The average Bonchev–Trinajstić information content (AvgIpc) is 2.67. The van der Waals surface area contributed by atoms with E-state index in [2.05, 4.69) is 54.3 Å². The highest BCUT2D eigenvalue weighted by Crippen LogP contribution is 2.24. The van der Waals surface area contributed by atoms with Gasteiger partial charge in [0.2, 0.25) is 0 Å². The van der Waals surface area contributed by atoms with Crippen LogP contribution in [0.2, 0.25) is 0 Å². The summed E-state index contributed by atoms with van der Waals surface area (Å²) in [5, 5.41) is 10.4. The molecule has 0 saturated carbocycles. The van der Waals surface area contributed by atoms with Gasteiger partial charge in [0.15, 0.2) is 0 Å². The molecule has 1 heterocycles. The monoisotopic (exact) mass is 351 g/mol. The molecule has 2 aromatic rings. The van der Waals surface area contributed by atoms with E-state index in [1.807, 2.05) is 12.1 Å². The minimum atomic E-state index is -0.312. The molecule has 2 heteroatoms. The van der Waals surface area contributed by atoms with Gasteiger partial charge in [0.25, 0.3) is 0 Å². The summed E-state index contributed by atoms with van der Waals surface area (Å²) in [5.74, 6) is 0.844.